The van der Waals surface area contributed by atoms with E-state index in [-0.39, 0.29) is 24.2 Å². The number of pyridine rings is 1. The van der Waals surface area contributed by atoms with Crippen LogP contribution in [0.15, 0.2) is 53.7 Å². The van der Waals surface area contributed by atoms with Crippen molar-refractivity contribution >= 4 is 23.4 Å². The number of hydrogen-bond acceptors (Lipinski definition) is 8. The number of anilines is 1. The number of methoxy groups -OCH3 is 1. The zero-order valence-electron chi connectivity index (χ0n) is 17.9. The molecular formula is C24H24N2O6. The van der Waals surface area contributed by atoms with Crippen LogP contribution in [-0.2, 0) is 20.7 Å². The summed E-state index contributed by atoms with van der Waals surface area (Å²) in [5.74, 6) is -1.54. The molecule has 1 aromatic heterocycles. The Bertz CT molecular complexity index is 1160. The maximum Gasteiger partial charge on any atom is 0.350 e. The second-order valence-corrected chi connectivity index (χ2v) is 8.11. The molecule has 1 saturated heterocycles. The van der Waals surface area contributed by atoms with Crippen LogP contribution in [0.2, 0.25) is 0 Å². The predicted octanol–water partition coefficient (Wildman–Crippen LogP) is 2.06. The number of Topliss-reactive ketones (excluding diaryl/α,β-unsaturated/α-hetero) is 2. The minimum Gasteiger partial charge on any atom is -0.466 e. The highest BCUT2D eigenvalue weighted by molar-refractivity contribution is 6.32. The Morgan fingerprint density at radius 2 is 1.88 bits per heavy atom. The largest absolute Gasteiger partial charge is 0.466 e. The second-order valence-electron chi connectivity index (χ2n) is 8.11. The maximum absolute atomic E-state index is 13.4. The number of aliphatic hydroxyl groups excluding tert-OH is 1. The van der Waals surface area contributed by atoms with Crippen molar-refractivity contribution in [2.75, 3.05) is 19.5 Å². The molecule has 166 valence electrons. The SMILES string of the molecule is COC(=O)C12OC1(CC(CO)=C(C)CCc1ccnc(N)c1)C(=O)c1ccccc1C2=O. The molecule has 0 spiro atoms. The first kappa shape index (κ1) is 21.9. The first-order valence-corrected chi connectivity index (χ1v) is 10.3. The van der Waals surface area contributed by atoms with Crippen molar-refractivity contribution in [3.8, 4) is 0 Å². The third kappa shape index (κ3) is 3.14. The quantitative estimate of drug-likeness (QED) is 0.292. The lowest BCUT2D eigenvalue weighted by molar-refractivity contribution is -0.145. The van der Waals surface area contributed by atoms with E-state index in [4.69, 9.17) is 15.2 Å². The van der Waals surface area contributed by atoms with Gasteiger partial charge in [0, 0.05) is 23.7 Å². The third-order valence-electron chi connectivity index (χ3n) is 6.32. The third-order valence-corrected chi connectivity index (χ3v) is 6.32. The van der Waals surface area contributed by atoms with Gasteiger partial charge in [0.25, 0.3) is 5.60 Å². The molecule has 1 aliphatic carbocycles. The minimum absolute atomic E-state index is 0.0815. The maximum atomic E-state index is 13.4. The van der Waals surface area contributed by atoms with Gasteiger partial charge in [-0.2, -0.15) is 0 Å². The summed E-state index contributed by atoms with van der Waals surface area (Å²) < 4.78 is 10.6. The van der Waals surface area contributed by atoms with Gasteiger partial charge < -0.3 is 20.3 Å². The van der Waals surface area contributed by atoms with E-state index in [1.165, 1.54) is 6.07 Å². The van der Waals surface area contributed by atoms with Crippen LogP contribution in [-0.4, -0.2) is 52.5 Å². The van der Waals surface area contributed by atoms with Gasteiger partial charge in [0.15, 0.2) is 11.4 Å². The highest BCUT2D eigenvalue weighted by atomic mass is 16.7. The van der Waals surface area contributed by atoms with E-state index in [1.54, 1.807) is 30.5 Å². The topological polar surface area (TPSA) is 132 Å². The zero-order chi connectivity index (χ0) is 23.1. The number of nitrogens with zero attached hydrogens (tertiary/aromatic N) is 1. The Kier molecular flexibility index (Phi) is 5.44. The molecule has 1 fully saturated rings. The lowest BCUT2D eigenvalue weighted by Crippen LogP contribution is -2.50. The first-order valence-electron chi connectivity index (χ1n) is 10.3. The Morgan fingerprint density at radius 1 is 1.19 bits per heavy atom. The molecule has 0 amide bonds. The van der Waals surface area contributed by atoms with Crippen LogP contribution in [0.5, 0.6) is 0 Å². The summed E-state index contributed by atoms with van der Waals surface area (Å²) in [5, 5.41) is 10.1. The molecule has 2 unspecified atom stereocenters. The highest BCUT2D eigenvalue weighted by Gasteiger charge is 2.85. The summed E-state index contributed by atoms with van der Waals surface area (Å²) in [5.41, 5.74) is 4.69. The number of nitrogens with two attached hydrogens (primary N) is 1. The van der Waals surface area contributed by atoms with E-state index in [2.05, 4.69) is 4.98 Å². The zero-order valence-corrected chi connectivity index (χ0v) is 17.9. The number of benzene rings is 1. The van der Waals surface area contributed by atoms with Crippen LogP contribution in [0, 0.1) is 0 Å². The summed E-state index contributed by atoms with van der Waals surface area (Å²) in [6, 6.07) is 9.95. The Morgan fingerprint density at radius 3 is 2.50 bits per heavy atom. The molecule has 1 aliphatic heterocycles. The van der Waals surface area contributed by atoms with Gasteiger partial charge in [-0.3, -0.25) is 9.59 Å². The number of ether oxygens (including phenoxy) is 2. The number of epoxide rings is 1. The fraction of sp³-hybridized carbons (Fsp3) is 0.333. The van der Waals surface area contributed by atoms with Gasteiger partial charge in [0.05, 0.1) is 13.7 Å². The van der Waals surface area contributed by atoms with Crippen molar-refractivity contribution in [1.82, 2.24) is 4.98 Å². The number of hydrogen-bond donors (Lipinski definition) is 2. The predicted molar refractivity (Wildman–Crippen MR) is 115 cm³/mol. The summed E-state index contributed by atoms with van der Waals surface area (Å²) in [6.45, 7) is 1.51. The molecular weight excluding hydrogens is 412 g/mol. The number of nitrogen functional groups attached to an aromatic ring is 1. The average Bonchev–Trinajstić information content (AvgIpc) is 3.50. The monoisotopic (exact) mass is 436 g/mol. The molecule has 8 nitrogen and oxygen atoms in total. The van der Waals surface area contributed by atoms with Gasteiger partial charge in [-0.1, -0.05) is 29.8 Å². The molecule has 3 N–H and O–H groups in total. The molecule has 4 rings (SSSR count). The van der Waals surface area contributed by atoms with Gasteiger partial charge in [-0.25, -0.2) is 9.78 Å². The van der Waals surface area contributed by atoms with Gasteiger partial charge in [-0.15, -0.1) is 0 Å². The second kappa shape index (κ2) is 7.96. The van der Waals surface area contributed by atoms with E-state index >= 15 is 0 Å². The summed E-state index contributed by atoms with van der Waals surface area (Å²) in [6.07, 6.45) is 2.77. The van der Waals surface area contributed by atoms with Crippen LogP contribution in [0.1, 0.15) is 46.0 Å². The van der Waals surface area contributed by atoms with E-state index in [0.29, 0.717) is 24.2 Å². The highest BCUT2D eigenvalue weighted by Crippen LogP contribution is 2.59. The van der Waals surface area contributed by atoms with Crippen molar-refractivity contribution in [1.29, 1.82) is 0 Å². The molecule has 2 aliphatic rings. The number of fused-ring (bicyclic) bond motifs is 2. The van der Waals surface area contributed by atoms with Gasteiger partial charge in [0.2, 0.25) is 5.78 Å². The lowest BCUT2D eigenvalue weighted by atomic mass is 9.71. The molecule has 2 aromatic rings. The summed E-state index contributed by atoms with van der Waals surface area (Å²) in [7, 11) is 1.15. The number of carbonyl (C=O) groups is 3. The first-order chi connectivity index (χ1) is 15.3. The Labute approximate surface area is 185 Å². The standard InChI is InChI=1S/C24H24N2O6/c1-14(7-8-15-9-10-26-19(25)11-15)16(13-27)12-23-20(28)17-5-3-4-6-18(17)21(29)24(23,32-23)22(30)31-2/h3-6,9-11,27H,7-8,12-13H2,1-2H3,(H2,25,26). The molecule has 2 atom stereocenters. The Hall–Kier alpha value is -3.36. The van der Waals surface area contributed by atoms with Crippen molar-refractivity contribution < 1.29 is 29.0 Å². The molecule has 0 bridgehead atoms. The van der Waals surface area contributed by atoms with E-state index in [9.17, 15) is 19.5 Å². The number of aromatic nitrogens is 1. The van der Waals surface area contributed by atoms with E-state index < -0.39 is 28.7 Å². The van der Waals surface area contributed by atoms with E-state index in [1.807, 2.05) is 13.0 Å². The van der Waals surface area contributed by atoms with Crippen molar-refractivity contribution in [2.24, 2.45) is 0 Å². The molecule has 2 heterocycles. The van der Waals surface area contributed by atoms with Crippen LogP contribution < -0.4 is 5.73 Å². The van der Waals surface area contributed by atoms with Gasteiger partial charge in [0.1, 0.15) is 5.82 Å². The van der Waals surface area contributed by atoms with Crippen LogP contribution in [0.25, 0.3) is 0 Å². The molecule has 0 radical (unpaired) electrons. The normalized spacial score (nSPS) is 24.3. The van der Waals surface area contributed by atoms with Crippen LogP contribution in [0.4, 0.5) is 5.82 Å². The lowest BCUT2D eigenvalue weighted by Gasteiger charge is -2.24. The van der Waals surface area contributed by atoms with Crippen molar-refractivity contribution in [3.63, 3.8) is 0 Å². The average molecular weight is 436 g/mol. The Balaban J connectivity index is 1.68. The van der Waals surface area contributed by atoms with Crippen LogP contribution >= 0.6 is 0 Å². The fourth-order valence-corrected chi connectivity index (χ4v) is 4.44. The minimum atomic E-state index is -2.02. The van der Waals surface area contributed by atoms with Gasteiger partial charge >= 0.3 is 5.97 Å². The van der Waals surface area contributed by atoms with Crippen molar-refractivity contribution in [3.05, 3.63) is 70.4 Å². The number of aryl methyl sites for hydroxylation is 1. The molecule has 0 saturated carbocycles. The number of carbonyl (C=O) groups excluding carboxylic acids is 3. The van der Waals surface area contributed by atoms with Gasteiger partial charge in [-0.05, 0) is 43.0 Å². The van der Waals surface area contributed by atoms with Crippen molar-refractivity contribution in [2.45, 2.75) is 37.4 Å². The smallest absolute Gasteiger partial charge is 0.350 e. The molecule has 1 aromatic carbocycles. The number of rotatable bonds is 7. The fourth-order valence-electron chi connectivity index (χ4n) is 4.44. The van der Waals surface area contributed by atoms with E-state index in [0.717, 1.165) is 18.2 Å². The van der Waals surface area contributed by atoms with Crippen LogP contribution in [0.3, 0.4) is 0 Å². The number of allylic oxidation sites excluding steroid dienone is 1. The molecule has 32 heavy (non-hydrogen) atoms. The summed E-state index contributed by atoms with van der Waals surface area (Å²) in [4.78, 5) is 43.3. The number of aliphatic hydroxyl groups is 1. The number of esters is 1. The summed E-state index contributed by atoms with van der Waals surface area (Å²) >= 11 is 0. The number of ketones is 2. The molecule has 8 heteroatoms.